The molecule has 0 fully saturated rings. The number of rotatable bonds is 9. The van der Waals surface area contributed by atoms with Gasteiger partial charge in [-0.05, 0) is 54.8 Å². The van der Waals surface area contributed by atoms with Gasteiger partial charge in [0.1, 0.15) is 12.4 Å². The smallest absolute Gasteiger partial charge is 0.338 e. The summed E-state index contributed by atoms with van der Waals surface area (Å²) in [6.45, 7) is 4.36. The quantitative estimate of drug-likeness (QED) is 0.406. The molecule has 3 aromatic carbocycles. The summed E-state index contributed by atoms with van der Waals surface area (Å²) in [5, 5.41) is 5.59. The van der Waals surface area contributed by atoms with Gasteiger partial charge in [0, 0.05) is 0 Å². The van der Waals surface area contributed by atoms with E-state index in [4.69, 9.17) is 14.2 Å². The van der Waals surface area contributed by atoms with Gasteiger partial charge in [0.25, 0.3) is 0 Å². The zero-order valence-corrected chi connectivity index (χ0v) is 20.0. The van der Waals surface area contributed by atoms with Crippen molar-refractivity contribution in [3.63, 3.8) is 0 Å². The minimum Gasteiger partial charge on any atom is -0.490 e. The third-order valence-electron chi connectivity index (χ3n) is 5.54. The molecule has 1 aliphatic rings. The van der Waals surface area contributed by atoms with Crippen LogP contribution in [0.3, 0.4) is 0 Å². The van der Waals surface area contributed by atoms with Crippen molar-refractivity contribution in [2.24, 2.45) is 0 Å². The second-order valence-electron chi connectivity index (χ2n) is 7.96. The lowest BCUT2D eigenvalue weighted by Gasteiger charge is -2.30. The molecule has 8 heteroatoms. The molecule has 2 N–H and O–H groups in total. The Kier molecular flexibility index (Phi) is 7.85. The summed E-state index contributed by atoms with van der Waals surface area (Å²) >= 11 is 0. The lowest BCUT2D eigenvalue weighted by atomic mass is 9.92. The van der Waals surface area contributed by atoms with Gasteiger partial charge in [-0.25, -0.2) is 14.0 Å². The summed E-state index contributed by atoms with van der Waals surface area (Å²) in [6.07, 6.45) is 0. The molecule has 36 heavy (non-hydrogen) atoms. The molecule has 2 amide bonds. The Morgan fingerprint density at radius 1 is 0.917 bits per heavy atom. The molecule has 0 bridgehead atoms. The molecule has 0 spiro atoms. The van der Waals surface area contributed by atoms with Gasteiger partial charge in [-0.1, -0.05) is 48.5 Å². The van der Waals surface area contributed by atoms with E-state index in [1.807, 2.05) is 37.3 Å². The second-order valence-corrected chi connectivity index (χ2v) is 7.96. The summed E-state index contributed by atoms with van der Waals surface area (Å²) < 4.78 is 30.3. The van der Waals surface area contributed by atoms with E-state index in [0.717, 1.165) is 5.56 Å². The van der Waals surface area contributed by atoms with Crippen molar-refractivity contribution in [2.75, 3.05) is 13.2 Å². The van der Waals surface area contributed by atoms with Crippen LogP contribution in [-0.2, 0) is 16.1 Å². The molecule has 186 valence electrons. The van der Waals surface area contributed by atoms with Crippen molar-refractivity contribution in [1.29, 1.82) is 0 Å². The number of hydrogen-bond donors (Lipinski definition) is 2. The number of amides is 2. The highest BCUT2D eigenvalue weighted by Crippen LogP contribution is 2.37. The molecule has 4 rings (SSSR count). The molecular formula is C28H27FN2O5. The average Bonchev–Trinajstić information content (AvgIpc) is 2.89. The summed E-state index contributed by atoms with van der Waals surface area (Å²) in [5.74, 6) is 0.0791. The summed E-state index contributed by atoms with van der Waals surface area (Å²) in [6, 6.07) is 19.2. The van der Waals surface area contributed by atoms with Gasteiger partial charge in [0.15, 0.2) is 11.5 Å². The predicted octanol–water partition coefficient (Wildman–Crippen LogP) is 5.13. The van der Waals surface area contributed by atoms with Crippen LogP contribution in [0.25, 0.3) is 5.70 Å². The second kappa shape index (κ2) is 11.4. The fourth-order valence-electron chi connectivity index (χ4n) is 3.91. The van der Waals surface area contributed by atoms with Crippen LogP contribution in [0.1, 0.15) is 36.6 Å². The van der Waals surface area contributed by atoms with Crippen molar-refractivity contribution in [2.45, 2.75) is 26.5 Å². The first kappa shape index (κ1) is 24.8. The zero-order chi connectivity index (χ0) is 25.5. The van der Waals surface area contributed by atoms with Gasteiger partial charge in [-0.15, -0.1) is 0 Å². The third-order valence-corrected chi connectivity index (χ3v) is 5.54. The van der Waals surface area contributed by atoms with E-state index in [9.17, 15) is 14.0 Å². The number of ether oxygens (including phenoxy) is 3. The Balaban J connectivity index is 1.71. The van der Waals surface area contributed by atoms with Crippen LogP contribution in [0, 0.1) is 5.82 Å². The maximum atomic E-state index is 13.2. The molecule has 0 saturated carbocycles. The van der Waals surface area contributed by atoms with Crippen LogP contribution in [0.2, 0.25) is 0 Å². The lowest BCUT2D eigenvalue weighted by Crippen LogP contribution is -2.45. The molecule has 1 aliphatic heterocycles. The Hall–Kier alpha value is -4.33. The molecule has 7 nitrogen and oxygen atoms in total. The monoisotopic (exact) mass is 490 g/mol. The summed E-state index contributed by atoms with van der Waals surface area (Å²) in [5.41, 5.74) is 2.78. The van der Waals surface area contributed by atoms with Crippen LogP contribution in [0.4, 0.5) is 9.18 Å². The van der Waals surface area contributed by atoms with E-state index >= 15 is 0 Å². The van der Waals surface area contributed by atoms with E-state index < -0.39 is 18.0 Å². The molecular weight excluding hydrogens is 463 g/mol. The SMILES string of the molecule is CCOC(=O)C1=C(c2ccccc2)NC(=O)NC1c1ccc(OCc2ccc(F)cc2)c(OCC)c1. The molecule has 1 atom stereocenters. The number of carbonyl (C=O) groups excluding carboxylic acids is 2. The van der Waals surface area contributed by atoms with Gasteiger partial charge in [0.05, 0.1) is 30.5 Å². The zero-order valence-electron chi connectivity index (χ0n) is 20.0. The highest BCUT2D eigenvalue weighted by Gasteiger charge is 2.34. The fraction of sp³-hybridized carbons (Fsp3) is 0.214. The standard InChI is InChI=1S/C28H27FN2O5/c1-3-34-23-16-20(12-15-22(23)36-17-18-10-13-21(29)14-11-18)26-24(27(32)35-4-2)25(30-28(33)31-26)19-8-6-5-7-9-19/h5-16,26H,3-4,17H2,1-2H3,(H2,30,31,33). The van der Waals surface area contributed by atoms with E-state index in [0.29, 0.717) is 34.9 Å². The number of esters is 1. The first-order chi connectivity index (χ1) is 17.5. The molecule has 0 aromatic heterocycles. The number of carbonyl (C=O) groups is 2. The maximum Gasteiger partial charge on any atom is 0.338 e. The van der Waals surface area contributed by atoms with Crippen molar-refractivity contribution in [1.82, 2.24) is 10.6 Å². The van der Waals surface area contributed by atoms with Crippen LogP contribution in [0.15, 0.2) is 78.4 Å². The van der Waals surface area contributed by atoms with Gasteiger partial charge < -0.3 is 24.8 Å². The minimum absolute atomic E-state index is 0.186. The Morgan fingerprint density at radius 2 is 1.67 bits per heavy atom. The number of benzene rings is 3. The third kappa shape index (κ3) is 5.66. The van der Waals surface area contributed by atoms with E-state index in [1.165, 1.54) is 12.1 Å². The molecule has 1 unspecified atom stereocenters. The largest absolute Gasteiger partial charge is 0.490 e. The molecule has 0 radical (unpaired) electrons. The number of nitrogens with one attached hydrogen (secondary N) is 2. The summed E-state index contributed by atoms with van der Waals surface area (Å²) in [7, 11) is 0. The normalized spacial score (nSPS) is 15.1. The van der Waals surface area contributed by atoms with Crippen LogP contribution in [0.5, 0.6) is 11.5 Å². The highest BCUT2D eigenvalue weighted by molar-refractivity contribution is 6.04. The van der Waals surface area contributed by atoms with Crippen LogP contribution < -0.4 is 20.1 Å². The van der Waals surface area contributed by atoms with Crippen molar-refractivity contribution < 1.29 is 28.2 Å². The van der Waals surface area contributed by atoms with Crippen molar-refractivity contribution >= 4 is 17.7 Å². The number of hydrogen-bond acceptors (Lipinski definition) is 5. The van der Waals surface area contributed by atoms with Crippen LogP contribution >= 0.6 is 0 Å². The lowest BCUT2D eigenvalue weighted by molar-refractivity contribution is -0.138. The van der Waals surface area contributed by atoms with Gasteiger partial charge in [0.2, 0.25) is 0 Å². The Bertz CT molecular complexity index is 1260. The Morgan fingerprint density at radius 3 is 2.36 bits per heavy atom. The van der Waals surface area contributed by atoms with E-state index in [1.54, 1.807) is 37.3 Å². The van der Waals surface area contributed by atoms with Gasteiger partial charge in [-0.2, -0.15) is 0 Å². The Labute approximate surface area is 208 Å². The molecule has 3 aromatic rings. The van der Waals surface area contributed by atoms with E-state index in [2.05, 4.69) is 10.6 Å². The number of halogens is 1. The molecule has 1 heterocycles. The maximum absolute atomic E-state index is 13.2. The molecule has 0 aliphatic carbocycles. The van der Waals surface area contributed by atoms with Gasteiger partial charge >= 0.3 is 12.0 Å². The number of urea groups is 1. The predicted molar refractivity (Wildman–Crippen MR) is 133 cm³/mol. The van der Waals surface area contributed by atoms with Crippen LogP contribution in [-0.4, -0.2) is 25.2 Å². The van der Waals surface area contributed by atoms with E-state index in [-0.39, 0.29) is 24.6 Å². The van der Waals surface area contributed by atoms with Gasteiger partial charge in [-0.3, -0.25) is 0 Å². The fourth-order valence-corrected chi connectivity index (χ4v) is 3.91. The average molecular weight is 491 g/mol. The first-order valence-corrected chi connectivity index (χ1v) is 11.7. The minimum atomic E-state index is -0.779. The molecule has 0 saturated heterocycles. The highest BCUT2D eigenvalue weighted by atomic mass is 19.1. The van der Waals surface area contributed by atoms with Crippen molar-refractivity contribution in [3.05, 3.63) is 101 Å². The topological polar surface area (TPSA) is 85.9 Å². The van der Waals surface area contributed by atoms with Crippen molar-refractivity contribution in [3.8, 4) is 11.5 Å². The first-order valence-electron chi connectivity index (χ1n) is 11.7. The summed E-state index contributed by atoms with van der Waals surface area (Å²) in [4.78, 5) is 25.7.